The molecular weight excluding hydrogens is 372 g/mol. The van der Waals surface area contributed by atoms with E-state index in [1.807, 2.05) is 13.0 Å². The Morgan fingerprint density at radius 3 is 2.76 bits per heavy atom. The molecule has 0 unspecified atom stereocenters. The van der Waals surface area contributed by atoms with Gasteiger partial charge >= 0.3 is 0 Å². The summed E-state index contributed by atoms with van der Waals surface area (Å²) in [6.45, 7) is 3.86. The molecule has 0 spiro atoms. The molecule has 0 saturated heterocycles. The van der Waals surface area contributed by atoms with Crippen LogP contribution in [0.3, 0.4) is 0 Å². The molecule has 0 radical (unpaired) electrons. The number of aryl methyl sites for hydroxylation is 1. The van der Waals surface area contributed by atoms with Crippen molar-refractivity contribution in [3.63, 3.8) is 0 Å². The summed E-state index contributed by atoms with van der Waals surface area (Å²) in [5.41, 5.74) is 3.52. The third kappa shape index (κ3) is 3.22. The summed E-state index contributed by atoms with van der Waals surface area (Å²) < 4.78 is 28.2. The summed E-state index contributed by atoms with van der Waals surface area (Å²) >= 11 is 4.75. The van der Waals surface area contributed by atoms with Gasteiger partial charge in [0.1, 0.15) is 0 Å². The second kappa shape index (κ2) is 5.81. The fourth-order valence-electron chi connectivity index (χ4n) is 2.41. The van der Waals surface area contributed by atoms with Gasteiger partial charge in [0.15, 0.2) is 0 Å². The molecule has 1 aliphatic rings. The van der Waals surface area contributed by atoms with Gasteiger partial charge in [-0.2, -0.15) is 0 Å². The number of rotatable bonds is 4. The fraction of sp³-hybridized carbons (Fsp3) is 0.286. The van der Waals surface area contributed by atoms with Gasteiger partial charge in [0, 0.05) is 24.5 Å². The number of halogens is 1. The summed E-state index contributed by atoms with van der Waals surface area (Å²) in [4.78, 5) is 1.13. The van der Waals surface area contributed by atoms with Crippen molar-refractivity contribution in [1.82, 2.24) is 10.0 Å². The van der Waals surface area contributed by atoms with Crippen LogP contribution in [0.15, 0.2) is 32.9 Å². The molecule has 1 aromatic heterocycles. The lowest BCUT2D eigenvalue weighted by atomic mass is 10.1. The first-order chi connectivity index (χ1) is 9.95. The van der Waals surface area contributed by atoms with Crippen molar-refractivity contribution >= 4 is 37.3 Å². The first kappa shape index (κ1) is 15.2. The number of thiophene rings is 1. The lowest BCUT2D eigenvalue weighted by Gasteiger charge is -2.08. The molecule has 112 valence electrons. The molecular formula is C14H15BrN2O2S2. The summed E-state index contributed by atoms with van der Waals surface area (Å²) in [5, 5.41) is 3.28. The molecule has 0 fully saturated rings. The Morgan fingerprint density at radius 2 is 2.05 bits per heavy atom. The first-order valence-electron chi connectivity index (χ1n) is 6.53. The first-order valence-corrected chi connectivity index (χ1v) is 9.62. The Labute approximate surface area is 136 Å². The summed E-state index contributed by atoms with van der Waals surface area (Å²) in [7, 11) is -3.47. The van der Waals surface area contributed by atoms with E-state index >= 15 is 0 Å². The van der Waals surface area contributed by atoms with Crippen molar-refractivity contribution in [2.24, 2.45) is 0 Å². The van der Waals surface area contributed by atoms with Crippen LogP contribution in [0, 0.1) is 6.92 Å². The van der Waals surface area contributed by atoms with Crippen LogP contribution >= 0.6 is 27.3 Å². The van der Waals surface area contributed by atoms with Gasteiger partial charge in [-0.05, 0) is 45.6 Å². The number of hydrogen-bond acceptors (Lipinski definition) is 4. The quantitative estimate of drug-likeness (QED) is 0.848. The van der Waals surface area contributed by atoms with E-state index in [-0.39, 0.29) is 0 Å². The maximum atomic E-state index is 12.3. The Kier molecular flexibility index (Phi) is 4.20. The zero-order chi connectivity index (χ0) is 15.0. The second-order valence-electron chi connectivity index (χ2n) is 5.00. The number of fused-ring (bicyclic) bond motifs is 1. The molecule has 2 N–H and O–H groups in total. The average Bonchev–Trinajstić information content (AvgIpc) is 3.02. The minimum absolute atomic E-state index is 0.308. The lowest BCUT2D eigenvalue weighted by Crippen LogP contribution is -2.23. The molecule has 3 rings (SSSR count). The minimum Gasteiger partial charge on any atom is -0.309 e. The van der Waals surface area contributed by atoms with Crippen molar-refractivity contribution in [3.8, 4) is 0 Å². The topological polar surface area (TPSA) is 58.2 Å². The van der Waals surface area contributed by atoms with Crippen molar-refractivity contribution in [2.75, 3.05) is 0 Å². The lowest BCUT2D eigenvalue weighted by molar-refractivity contribution is 0.581. The standard InChI is InChI=1S/C14H15BrN2O2S2/c1-9-13(5-14(15)20-9)21(18,19)17-6-10-2-3-11-7-16-8-12(11)4-10/h2-5,16-17H,6-8H2,1H3. The molecule has 21 heavy (non-hydrogen) atoms. The van der Waals surface area contributed by atoms with E-state index in [1.54, 1.807) is 6.07 Å². The summed E-state index contributed by atoms with van der Waals surface area (Å²) in [6, 6.07) is 7.75. The normalized spacial score (nSPS) is 14.4. The van der Waals surface area contributed by atoms with Crippen LogP contribution in [-0.2, 0) is 29.7 Å². The number of sulfonamides is 1. The van der Waals surface area contributed by atoms with Gasteiger partial charge in [0.25, 0.3) is 0 Å². The maximum Gasteiger partial charge on any atom is 0.242 e. The molecule has 0 bridgehead atoms. The minimum atomic E-state index is -3.47. The molecule has 1 aromatic carbocycles. The van der Waals surface area contributed by atoms with Crippen molar-refractivity contribution < 1.29 is 8.42 Å². The summed E-state index contributed by atoms with van der Waals surface area (Å²) in [5.74, 6) is 0. The van der Waals surface area contributed by atoms with E-state index in [4.69, 9.17) is 0 Å². The molecule has 0 atom stereocenters. The predicted octanol–water partition coefficient (Wildman–Crippen LogP) is 2.90. The number of benzene rings is 1. The highest BCUT2D eigenvalue weighted by Gasteiger charge is 2.19. The van der Waals surface area contributed by atoms with Gasteiger partial charge in [-0.15, -0.1) is 11.3 Å². The van der Waals surface area contributed by atoms with Gasteiger partial charge in [0.2, 0.25) is 10.0 Å². The summed E-state index contributed by atoms with van der Waals surface area (Å²) in [6.07, 6.45) is 0. The van der Waals surface area contributed by atoms with E-state index in [0.717, 1.165) is 27.3 Å². The van der Waals surface area contributed by atoms with Crippen molar-refractivity contribution in [3.05, 3.63) is 49.6 Å². The van der Waals surface area contributed by atoms with E-state index < -0.39 is 10.0 Å². The molecule has 1 aliphatic heterocycles. The highest BCUT2D eigenvalue weighted by Crippen LogP contribution is 2.29. The number of nitrogens with one attached hydrogen (secondary N) is 2. The van der Waals surface area contributed by atoms with Crippen molar-refractivity contribution in [1.29, 1.82) is 0 Å². The van der Waals surface area contributed by atoms with Gasteiger partial charge in [-0.3, -0.25) is 0 Å². The van der Waals surface area contributed by atoms with Gasteiger partial charge in [-0.25, -0.2) is 13.1 Å². The van der Waals surface area contributed by atoms with Gasteiger partial charge in [0.05, 0.1) is 8.68 Å². The van der Waals surface area contributed by atoms with Crippen LogP contribution in [-0.4, -0.2) is 8.42 Å². The van der Waals surface area contributed by atoms with Crippen LogP contribution in [0.2, 0.25) is 0 Å². The molecule has 2 heterocycles. The Balaban J connectivity index is 1.76. The SMILES string of the molecule is Cc1sc(Br)cc1S(=O)(=O)NCc1ccc2c(c1)CNC2. The second-order valence-corrected chi connectivity index (χ2v) is 9.37. The molecule has 0 saturated carbocycles. The molecule has 2 aromatic rings. The molecule has 0 aliphatic carbocycles. The zero-order valence-corrected chi connectivity index (χ0v) is 14.7. The Bertz CT molecular complexity index is 784. The van der Waals surface area contributed by atoms with E-state index in [0.29, 0.717) is 11.4 Å². The molecule has 0 amide bonds. The maximum absolute atomic E-state index is 12.3. The van der Waals surface area contributed by atoms with E-state index in [1.165, 1.54) is 22.5 Å². The smallest absolute Gasteiger partial charge is 0.242 e. The van der Waals surface area contributed by atoms with Crippen LogP contribution in [0.1, 0.15) is 21.6 Å². The fourth-order valence-corrected chi connectivity index (χ4v) is 5.84. The predicted molar refractivity (Wildman–Crippen MR) is 87.8 cm³/mol. The monoisotopic (exact) mass is 386 g/mol. The Hall–Kier alpha value is -0.730. The van der Waals surface area contributed by atoms with E-state index in [9.17, 15) is 8.42 Å². The third-order valence-electron chi connectivity index (χ3n) is 3.50. The van der Waals surface area contributed by atoms with Gasteiger partial charge in [-0.1, -0.05) is 18.2 Å². The van der Waals surface area contributed by atoms with Crippen LogP contribution < -0.4 is 10.0 Å². The molecule has 4 nitrogen and oxygen atoms in total. The highest BCUT2D eigenvalue weighted by atomic mass is 79.9. The Morgan fingerprint density at radius 1 is 1.29 bits per heavy atom. The largest absolute Gasteiger partial charge is 0.309 e. The third-order valence-corrected chi connectivity index (χ3v) is 6.71. The average molecular weight is 387 g/mol. The van der Waals surface area contributed by atoms with Crippen LogP contribution in [0.25, 0.3) is 0 Å². The highest BCUT2D eigenvalue weighted by molar-refractivity contribution is 9.11. The molecule has 7 heteroatoms. The number of hydrogen-bond donors (Lipinski definition) is 2. The zero-order valence-electron chi connectivity index (χ0n) is 11.4. The van der Waals surface area contributed by atoms with Crippen LogP contribution in [0.5, 0.6) is 0 Å². The van der Waals surface area contributed by atoms with Gasteiger partial charge < -0.3 is 5.32 Å². The van der Waals surface area contributed by atoms with Crippen molar-refractivity contribution in [2.45, 2.75) is 31.5 Å². The van der Waals surface area contributed by atoms with E-state index in [2.05, 4.69) is 38.1 Å². The van der Waals surface area contributed by atoms with Crippen LogP contribution in [0.4, 0.5) is 0 Å².